The Morgan fingerprint density at radius 2 is 2.06 bits per heavy atom. The fourth-order valence-corrected chi connectivity index (χ4v) is 5.94. The van der Waals surface area contributed by atoms with Crippen molar-refractivity contribution in [2.45, 2.75) is 62.7 Å². The lowest BCUT2D eigenvalue weighted by Gasteiger charge is -2.38. The molecular formula is C23H35FN6O3S. The molecule has 2 aliphatic heterocycles. The lowest BCUT2D eigenvalue weighted by molar-refractivity contribution is -0.155. The summed E-state index contributed by atoms with van der Waals surface area (Å²) in [5.74, 6) is -0.653. The van der Waals surface area contributed by atoms with Gasteiger partial charge in [-0.15, -0.1) is 0 Å². The monoisotopic (exact) mass is 494 g/mol. The van der Waals surface area contributed by atoms with Gasteiger partial charge in [0.1, 0.15) is 5.69 Å². The Balaban J connectivity index is 1.45. The van der Waals surface area contributed by atoms with Crippen molar-refractivity contribution in [2.24, 2.45) is 11.8 Å². The summed E-state index contributed by atoms with van der Waals surface area (Å²) in [6.07, 6.45) is 9.41. The third-order valence-electron chi connectivity index (χ3n) is 7.37. The Hall–Kier alpha value is -1.98. The first-order valence-corrected chi connectivity index (χ1v) is 13.5. The molecule has 11 heteroatoms. The van der Waals surface area contributed by atoms with Gasteiger partial charge < -0.3 is 10.2 Å². The second-order valence-corrected chi connectivity index (χ2v) is 10.4. The maximum absolute atomic E-state index is 15.5. The number of hydrogen-bond donors (Lipinski definition) is 2. The highest BCUT2D eigenvalue weighted by Crippen LogP contribution is 2.31. The van der Waals surface area contributed by atoms with Gasteiger partial charge in [-0.3, -0.25) is 19.7 Å². The molecule has 2 saturated heterocycles. The van der Waals surface area contributed by atoms with Gasteiger partial charge in [0.25, 0.3) is 0 Å². The van der Waals surface area contributed by atoms with Crippen LogP contribution < -0.4 is 10.2 Å². The summed E-state index contributed by atoms with van der Waals surface area (Å²) in [7, 11) is 0. The summed E-state index contributed by atoms with van der Waals surface area (Å²) in [4.78, 5) is 37.2. The summed E-state index contributed by atoms with van der Waals surface area (Å²) in [5, 5.41) is 13.5. The first kappa shape index (κ1) is 25.1. The van der Waals surface area contributed by atoms with Crippen LogP contribution in [0.5, 0.6) is 0 Å². The van der Waals surface area contributed by atoms with Crippen molar-refractivity contribution < 1.29 is 19.2 Å². The van der Waals surface area contributed by atoms with Crippen molar-refractivity contribution in [3.05, 3.63) is 11.5 Å². The van der Waals surface area contributed by atoms with Crippen LogP contribution in [0.4, 0.5) is 10.2 Å². The molecule has 34 heavy (non-hydrogen) atoms. The van der Waals surface area contributed by atoms with E-state index in [1.54, 1.807) is 0 Å². The summed E-state index contributed by atoms with van der Waals surface area (Å²) < 4.78 is 15.5. The quantitative estimate of drug-likeness (QED) is 0.168. The number of nitrogens with one attached hydrogen (secondary N) is 1. The second kappa shape index (κ2) is 11.6. The van der Waals surface area contributed by atoms with Crippen LogP contribution in [0.3, 0.4) is 0 Å². The number of piperazine rings is 1. The highest BCUT2D eigenvalue weighted by molar-refractivity contribution is 7.98. The van der Waals surface area contributed by atoms with E-state index in [1.165, 1.54) is 18.2 Å². The van der Waals surface area contributed by atoms with Gasteiger partial charge in [-0.25, -0.2) is 19.4 Å². The Bertz CT molecular complexity index is 871. The predicted molar refractivity (Wildman–Crippen MR) is 127 cm³/mol. The number of hydrogen-bond acceptors (Lipinski definition) is 8. The number of aromatic nitrogens is 2. The van der Waals surface area contributed by atoms with E-state index in [2.05, 4.69) is 20.2 Å². The van der Waals surface area contributed by atoms with Crippen LogP contribution in [0, 0.1) is 17.7 Å². The van der Waals surface area contributed by atoms with Crippen molar-refractivity contribution in [1.82, 2.24) is 25.2 Å². The molecule has 9 nitrogen and oxygen atoms in total. The van der Waals surface area contributed by atoms with Crippen molar-refractivity contribution >= 4 is 29.9 Å². The van der Waals surface area contributed by atoms with Gasteiger partial charge in [0, 0.05) is 25.7 Å². The number of anilines is 1. The molecule has 188 valence electrons. The number of carbonyl (C=O) groups is 2. The molecule has 1 aliphatic carbocycles. The zero-order chi connectivity index (χ0) is 24.1. The van der Waals surface area contributed by atoms with E-state index < -0.39 is 11.7 Å². The number of nitrogens with zero attached hydrogens (tertiary/aromatic N) is 5. The molecule has 2 N–H and O–H groups in total. The zero-order valence-electron chi connectivity index (χ0n) is 19.8. The van der Waals surface area contributed by atoms with Gasteiger partial charge in [-0.2, -0.15) is 0 Å². The van der Waals surface area contributed by atoms with Gasteiger partial charge in [0.15, 0.2) is 16.8 Å². The Kier molecular flexibility index (Phi) is 8.60. The van der Waals surface area contributed by atoms with E-state index in [4.69, 9.17) is 0 Å². The molecule has 0 radical (unpaired) electrons. The molecule has 0 bridgehead atoms. The van der Waals surface area contributed by atoms with Gasteiger partial charge in [0.2, 0.25) is 12.3 Å². The summed E-state index contributed by atoms with van der Waals surface area (Å²) in [6.45, 7) is 3.32. The molecule has 3 fully saturated rings. The van der Waals surface area contributed by atoms with Crippen molar-refractivity contribution in [2.75, 3.05) is 43.9 Å². The number of fused-ring (bicyclic) bond motifs is 1. The smallest absolute Gasteiger partial charge is 0.233 e. The lowest BCUT2D eigenvalue weighted by Crippen LogP contribution is -2.50. The first-order chi connectivity index (χ1) is 16.5. The largest absolute Gasteiger partial charge is 0.351 e. The van der Waals surface area contributed by atoms with E-state index in [1.807, 2.05) is 11.2 Å². The molecule has 3 heterocycles. The molecule has 0 spiro atoms. The van der Waals surface area contributed by atoms with E-state index >= 15 is 4.39 Å². The molecular weight excluding hydrogens is 459 g/mol. The Morgan fingerprint density at radius 1 is 1.26 bits per heavy atom. The van der Waals surface area contributed by atoms with E-state index in [0.29, 0.717) is 47.4 Å². The van der Waals surface area contributed by atoms with Crippen LogP contribution in [0.1, 0.15) is 50.6 Å². The van der Waals surface area contributed by atoms with Crippen LogP contribution >= 0.6 is 11.8 Å². The van der Waals surface area contributed by atoms with Gasteiger partial charge >= 0.3 is 0 Å². The molecule has 0 aromatic carbocycles. The standard InChI is InChI=1S/C23H35FN6O3S/c1-34-23-26-19(20(24)21(27-23)29-10-9-28-8-4-7-18(28)14-29)12-25-22(32)17(13-30(33)15-31)11-16-5-2-3-6-16/h15-18,33H,2-14H2,1H3,(H,25,32)/t17-,18+/m1/s1. The zero-order valence-corrected chi connectivity index (χ0v) is 20.6. The minimum Gasteiger partial charge on any atom is -0.351 e. The fourth-order valence-electron chi connectivity index (χ4n) is 5.56. The summed E-state index contributed by atoms with van der Waals surface area (Å²) >= 11 is 1.35. The fraction of sp³-hybridized carbons (Fsp3) is 0.739. The molecule has 1 saturated carbocycles. The first-order valence-electron chi connectivity index (χ1n) is 12.3. The van der Waals surface area contributed by atoms with Gasteiger partial charge in [-0.1, -0.05) is 37.4 Å². The molecule has 2 atom stereocenters. The maximum Gasteiger partial charge on any atom is 0.233 e. The number of amides is 2. The highest BCUT2D eigenvalue weighted by Gasteiger charge is 2.33. The second-order valence-electron chi connectivity index (χ2n) is 9.60. The average molecular weight is 495 g/mol. The molecule has 2 amide bonds. The Labute approximate surface area is 204 Å². The van der Waals surface area contributed by atoms with E-state index in [-0.39, 0.29) is 24.7 Å². The third kappa shape index (κ3) is 5.98. The highest BCUT2D eigenvalue weighted by atomic mass is 32.2. The molecule has 1 aromatic heterocycles. The minimum absolute atomic E-state index is 0.0647. The third-order valence-corrected chi connectivity index (χ3v) is 7.92. The summed E-state index contributed by atoms with van der Waals surface area (Å²) in [5.41, 5.74) is 0.160. The molecule has 1 aromatic rings. The number of carbonyl (C=O) groups excluding carboxylic acids is 2. The molecule has 4 rings (SSSR count). The maximum atomic E-state index is 15.5. The minimum atomic E-state index is -0.557. The van der Waals surface area contributed by atoms with Crippen LogP contribution in [0.25, 0.3) is 0 Å². The van der Waals surface area contributed by atoms with Crippen molar-refractivity contribution in [3.63, 3.8) is 0 Å². The van der Waals surface area contributed by atoms with E-state index in [0.717, 1.165) is 51.7 Å². The SMILES string of the molecule is CSc1nc(CNC(=O)[C@H](CC2CCCC2)CN(O)C=O)c(F)c(N2CCN3CCC[C@H]3C2)n1. The van der Waals surface area contributed by atoms with Gasteiger partial charge in [0.05, 0.1) is 19.0 Å². The van der Waals surface area contributed by atoms with Crippen molar-refractivity contribution in [1.29, 1.82) is 0 Å². The van der Waals surface area contributed by atoms with Crippen LogP contribution in [-0.2, 0) is 16.1 Å². The number of hydroxylamine groups is 2. The van der Waals surface area contributed by atoms with Gasteiger partial charge in [-0.05, 0) is 38.0 Å². The Morgan fingerprint density at radius 3 is 2.79 bits per heavy atom. The number of thioether (sulfide) groups is 1. The van der Waals surface area contributed by atoms with Crippen molar-refractivity contribution in [3.8, 4) is 0 Å². The average Bonchev–Trinajstić information content (AvgIpc) is 3.54. The topological polar surface area (TPSA) is 102 Å². The van der Waals surface area contributed by atoms with Crippen LogP contribution in [-0.4, -0.2) is 82.5 Å². The lowest BCUT2D eigenvalue weighted by atomic mass is 9.92. The number of rotatable bonds is 10. The number of halogens is 1. The van der Waals surface area contributed by atoms with Crippen LogP contribution in [0.2, 0.25) is 0 Å². The molecule has 3 aliphatic rings. The summed E-state index contributed by atoms with van der Waals surface area (Å²) in [6, 6.07) is 0.430. The van der Waals surface area contributed by atoms with Crippen LogP contribution in [0.15, 0.2) is 5.16 Å². The molecule has 0 unspecified atom stereocenters. The predicted octanol–water partition coefficient (Wildman–Crippen LogP) is 2.28. The van der Waals surface area contributed by atoms with E-state index in [9.17, 15) is 14.8 Å². The normalized spacial score (nSPS) is 22.0.